The van der Waals surface area contributed by atoms with Crippen LogP contribution < -0.4 is 0 Å². The molecule has 3 aliphatic heterocycles. The number of rotatable bonds is 42. The van der Waals surface area contributed by atoms with Crippen LogP contribution in [0, 0.1) is 35.5 Å². The molecular weight excluding hydrogens is 1530 g/mol. The van der Waals surface area contributed by atoms with Gasteiger partial charge in [-0.1, -0.05) is 115 Å². The van der Waals surface area contributed by atoms with Crippen LogP contribution in [0.15, 0.2) is 12.4 Å². The zero-order valence-electron chi connectivity index (χ0n) is 67.4. The van der Waals surface area contributed by atoms with Crippen LogP contribution in [0.3, 0.4) is 0 Å². The Bertz CT molecular complexity index is 3260. The number of carbonyl (C=O) groups excluding carboxylic acids is 3. The maximum Gasteiger partial charge on any atom is 0.332 e. The number of carboxylic acids is 1. The molecule has 6 saturated carbocycles. The van der Waals surface area contributed by atoms with Gasteiger partial charge in [-0.05, 0) is 93.3 Å². The topological polar surface area (TPSA) is 494 Å². The Morgan fingerprint density at radius 2 is 0.828 bits per heavy atom. The largest absolute Gasteiger partial charge is 0.479 e. The summed E-state index contributed by atoms with van der Waals surface area (Å²) in [5, 5.41) is 136. The van der Waals surface area contributed by atoms with Gasteiger partial charge >= 0.3 is 17.9 Å². The van der Waals surface area contributed by atoms with E-state index in [0.29, 0.717) is 56.6 Å². The molecule has 9 fully saturated rings. The van der Waals surface area contributed by atoms with Crippen LogP contribution in [0.1, 0.15) is 174 Å². The van der Waals surface area contributed by atoms with Crippen molar-refractivity contribution >= 4 is 23.8 Å². The predicted octanol–water partition coefficient (Wildman–Crippen LogP) is 0.561. The molecule has 3 saturated heterocycles. The molecule has 2 aromatic rings. The van der Waals surface area contributed by atoms with Gasteiger partial charge in [-0.2, -0.15) is 0 Å². The summed E-state index contributed by atoms with van der Waals surface area (Å²) in [6.07, 6.45) is -11.8. The molecule has 28 atom stereocenters. The average Bonchev–Trinajstić information content (AvgIpc) is 0.800. The maximum atomic E-state index is 14.2. The molecule has 11 N–H and O–H groups in total. The van der Waals surface area contributed by atoms with Crippen molar-refractivity contribution in [1.82, 2.24) is 34.9 Å². The number of carboxylic acid groups (broad SMARTS) is 1. The van der Waals surface area contributed by atoms with E-state index in [-0.39, 0.29) is 121 Å². The van der Waals surface area contributed by atoms with Crippen molar-refractivity contribution in [3.63, 3.8) is 0 Å². The van der Waals surface area contributed by atoms with Crippen LogP contribution in [0.5, 0.6) is 0 Å². The molecule has 1 amide bonds. The molecule has 11 rings (SSSR count). The average molecular weight is 1660 g/mol. The minimum absolute atomic E-state index is 0.00956. The van der Waals surface area contributed by atoms with Gasteiger partial charge in [0.05, 0.1) is 141 Å². The number of hydrogen-bond acceptors (Lipinski definition) is 33. The first kappa shape index (κ1) is 92.0. The second-order valence-electron chi connectivity index (χ2n) is 33.6. The van der Waals surface area contributed by atoms with Crippen LogP contribution in [-0.4, -0.2) is 341 Å². The fourth-order valence-electron chi connectivity index (χ4n) is 17.8. The Hall–Kier alpha value is -4.76. The number of ether oxygens (including phenoxy) is 15. The summed E-state index contributed by atoms with van der Waals surface area (Å²) in [5.41, 5.74) is 0.770. The normalized spacial score (nSPS) is 36.2. The number of aromatic nitrogens is 6. The Balaban J connectivity index is 0.601. The molecule has 9 aliphatic rings. The molecular formula is C79H129N7O30. The van der Waals surface area contributed by atoms with E-state index in [9.17, 15) is 75.3 Å². The van der Waals surface area contributed by atoms with E-state index in [1.807, 2.05) is 13.8 Å². The first-order valence-corrected chi connectivity index (χ1v) is 42.4. The number of amides is 1. The standard InChI is InChI=1S/C79H129N7O30/c1-44-14-11-20-52(70(44)107-54-32-46(3)62(91)68(97)64(54)93)111-78-74(72(66(95)58(40-87)113-78)109-56(76(99)84-22-13-23-84)34-48-16-7-5-8-17-48)115-60(89)38-85-36-50(80-82-85)42-105-30-28-103-26-24-102-25-27-104-29-31-106-43-51-37-86(83-81-51)39-61(90)116-75-73(110-57(77(100)101)35-49-18-9-6-10-19-49)67(96)59(41-88)114-79(75)112-53-21-12-15-45(2)71(53)108-55-33-47(4)63(92)69(98)65(55)94/h36-37,44-49,52-59,62-75,78-79,87-88,91-98H,5-35,38-43H2,1-4H3,(H,100,101)/t44?,45?,46?,47?,52-,53-,54-,55-,56+,57+,58+,59+,62-,63-,64?,65?,66+,67+,68+,69+,70-,71-,72?,73?,74?,75?,78-,79-/m1/s1. The third-order valence-electron chi connectivity index (χ3n) is 24.7. The van der Waals surface area contributed by atoms with Crippen LogP contribution in [0.25, 0.3) is 0 Å². The maximum absolute atomic E-state index is 14.2. The van der Waals surface area contributed by atoms with Crippen molar-refractivity contribution < 1.29 is 146 Å². The molecule has 6 aliphatic carbocycles. The van der Waals surface area contributed by atoms with E-state index in [1.165, 1.54) is 21.8 Å². The fourth-order valence-corrected chi connectivity index (χ4v) is 17.8. The molecule has 0 radical (unpaired) electrons. The van der Waals surface area contributed by atoms with Crippen molar-refractivity contribution in [1.29, 1.82) is 0 Å². The summed E-state index contributed by atoms with van der Waals surface area (Å²) in [7, 11) is 0. The number of aliphatic carboxylic acids is 1. The van der Waals surface area contributed by atoms with Gasteiger partial charge in [0.1, 0.15) is 91.6 Å². The molecule has 10 unspecified atom stereocenters. The van der Waals surface area contributed by atoms with E-state index >= 15 is 0 Å². The van der Waals surface area contributed by atoms with Crippen LogP contribution in [0.2, 0.25) is 0 Å². The summed E-state index contributed by atoms with van der Waals surface area (Å²) >= 11 is 0. The molecule has 660 valence electrons. The SMILES string of the molecule is CC1C[C@@H](O[C@@H]2C(C)CCC[C@H]2O[C@@H]2O[C@@H](CO)[C@H](O)C(O[C@@H](CC3CCCCC3)C(=O)O)C2OC(=O)Cn2cc(COCCOCCOCCOCCOCc3cn(CC(=O)OC4C(O[C@@H](CC5CCCCC5)C(=O)N5CCC5)[C@@H](O)[C@H](CO)O[C@H]4O[C@@H]4CCCC(C)[C@H]4O[C@@H]4CC(C)[C@@H](O)[C@H](O)C4O)nn3)nn2)C(O)[C@@H](O)[C@@H]1O. The lowest BCUT2D eigenvalue weighted by Gasteiger charge is -2.48. The lowest BCUT2D eigenvalue weighted by Crippen LogP contribution is -2.64. The number of esters is 2. The van der Waals surface area contributed by atoms with Gasteiger partial charge in [-0.25, -0.2) is 14.2 Å². The zero-order valence-corrected chi connectivity index (χ0v) is 67.4. The molecule has 37 heteroatoms. The number of nitrogens with zero attached hydrogens (tertiary/aromatic N) is 7. The Morgan fingerprint density at radius 3 is 1.22 bits per heavy atom. The third kappa shape index (κ3) is 25.2. The van der Waals surface area contributed by atoms with Gasteiger partial charge in [0.25, 0.3) is 5.91 Å². The highest BCUT2D eigenvalue weighted by Crippen LogP contribution is 2.42. The molecule has 0 spiro atoms. The summed E-state index contributed by atoms with van der Waals surface area (Å²) in [6, 6.07) is 0. The van der Waals surface area contributed by atoms with E-state index in [1.54, 1.807) is 18.7 Å². The Labute approximate surface area is 676 Å². The highest BCUT2D eigenvalue weighted by atomic mass is 16.7. The van der Waals surface area contributed by atoms with Crippen molar-refractivity contribution in [2.24, 2.45) is 35.5 Å². The quantitative estimate of drug-likeness (QED) is 0.0319. The molecule has 5 heterocycles. The van der Waals surface area contributed by atoms with Crippen LogP contribution >= 0.6 is 0 Å². The summed E-state index contributed by atoms with van der Waals surface area (Å²) in [5.74, 6) is -4.04. The van der Waals surface area contributed by atoms with Gasteiger partial charge < -0.3 is 132 Å². The third-order valence-corrected chi connectivity index (χ3v) is 24.7. The number of hydrogen-bond donors (Lipinski definition) is 11. The monoisotopic (exact) mass is 1660 g/mol. The smallest absolute Gasteiger partial charge is 0.332 e. The van der Waals surface area contributed by atoms with Gasteiger partial charge in [-0.15, -0.1) is 10.2 Å². The second kappa shape index (κ2) is 45.4. The highest BCUT2D eigenvalue weighted by Gasteiger charge is 2.56. The molecule has 116 heavy (non-hydrogen) atoms. The summed E-state index contributed by atoms with van der Waals surface area (Å²) in [4.78, 5) is 57.0. The van der Waals surface area contributed by atoms with Gasteiger partial charge in [0.15, 0.2) is 30.9 Å². The van der Waals surface area contributed by atoms with Crippen LogP contribution in [-0.2, 0) is 117 Å². The summed E-state index contributed by atoms with van der Waals surface area (Å²) < 4.78 is 95.4. The molecule has 2 aromatic heterocycles. The lowest BCUT2D eigenvalue weighted by molar-refractivity contribution is -0.335. The minimum atomic E-state index is -1.67. The first-order chi connectivity index (χ1) is 55.9. The highest BCUT2D eigenvalue weighted by molar-refractivity contribution is 5.81. The lowest BCUT2D eigenvalue weighted by atomic mass is 9.80. The number of aliphatic hydroxyl groups is 10. The van der Waals surface area contributed by atoms with Crippen molar-refractivity contribution in [2.75, 3.05) is 79.2 Å². The Morgan fingerprint density at radius 1 is 0.431 bits per heavy atom. The second-order valence-corrected chi connectivity index (χ2v) is 33.6. The predicted molar refractivity (Wildman–Crippen MR) is 400 cm³/mol. The number of carbonyl (C=O) groups is 4. The van der Waals surface area contributed by atoms with Crippen molar-refractivity contribution in [2.45, 2.75) is 336 Å². The first-order valence-electron chi connectivity index (χ1n) is 42.4. The van der Waals surface area contributed by atoms with E-state index in [0.717, 1.165) is 83.5 Å². The number of aliphatic hydroxyl groups excluding tert-OH is 10. The molecule has 0 bridgehead atoms. The van der Waals surface area contributed by atoms with Crippen molar-refractivity contribution in [3.8, 4) is 0 Å². The van der Waals surface area contributed by atoms with Gasteiger partial charge in [0.2, 0.25) is 0 Å². The number of likely N-dealkylation sites (tertiary alicyclic amines) is 1. The molecule has 37 nitrogen and oxygen atoms in total. The van der Waals surface area contributed by atoms with Crippen molar-refractivity contribution in [3.05, 3.63) is 23.8 Å². The van der Waals surface area contributed by atoms with Gasteiger partial charge in [-0.3, -0.25) is 14.4 Å². The van der Waals surface area contributed by atoms with E-state index < -0.39 is 197 Å². The molecule has 0 aromatic carbocycles. The van der Waals surface area contributed by atoms with E-state index in [4.69, 9.17) is 71.1 Å². The van der Waals surface area contributed by atoms with Crippen LogP contribution in [0.4, 0.5) is 0 Å². The van der Waals surface area contributed by atoms with E-state index in [2.05, 4.69) is 20.6 Å². The minimum Gasteiger partial charge on any atom is -0.479 e. The van der Waals surface area contributed by atoms with Gasteiger partial charge in [0, 0.05) is 13.1 Å². The zero-order chi connectivity index (χ0) is 82.5. The Kier molecular flexibility index (Phi) is 36.0. The summed E-state index contributed by atoms with van der Waals surface area (Å²) in [6.45, 7) is 8.16. The fraction of sp³-hybridized carbons (Fsp3) is 0.899.